The van der Waals surface area contributed by atoms with E-state index in [-0.39, 0.29) is 6.04 Å². The highest BCUT2D eigenvalue weighted by atomic mass is 79.9. The Kier molecular flexibility index (Phi) is 3.60. The van der Waals surface area contributed by atoms with Crippen molar-refractivity contribution in [2.45, 2.75) is 18.9 Å². The molecule has 14 heavy (non-hydrogen) atoms. The third-order valence-electron chi connectivity index (χ3n) is 2.63. The molecule has 0 radical (unpaired) electrons. The van der Waals surface area contributed by atoms with Gasteiger partial charge in [0.15, 0.2) is 0 Å². The first-order chi connectivity index (χ1) is 6.77. The average molecular weight is 276 g/mol. The molecule has 2 atom stereocenters. The van der Waals surface area contributed by atoms with Gasteiger partial charge in [0.25, 0.3) is 0 Å². The van der Waals surface area contributed by atoms with E-state index in [4.69, 9.17) is 10.5 Å². The van der Waals surface area contributed by atoms with Gasteiger partial charge in [-0.2, -0.15) is 0 Å². The van der Waals surface area contributed by atoms with Gasteiger partial charge in [-0.1, -0.05) is 0 Å². The summed E-state index contributed by atoms with van der Waals surface area (Å²) in [5, 5.41) is 0. The molecule has 2 heterocycles. The molecule has 1 aromatic rings. The maximum atomic E-state index is 6.19. The Hall–Kier alpha value is 0.1000. The first-order valence-electron chi connectivity index (χ1n) is 4.86. The molecule has 1 fully saturated rings. The Balaban J connectivity index is 2.03. The van der Waals surface area contributed by atoms with Crippen molar-refractivity contribution < 1.29 is 4.74 Å². The lowest BCUT2D eigenvalue weighted by Crippen LogP contribution is -2.28. The fourth-order valence-corrected chi connectivity index (χ4v) is 3.31. The maximum absolute atomic E-state index is 6.19. The quantitative estimate of drug-likeness (QED) is 0.901. The molecule has 0 bridgehead atoms. The van der Waals surface area contributed by atoms with E-state index in [0.717, 1.165) is 23.4 Å². The smallest absolute Gasteiger partial charge is 0.0701 e. The van der Waals surface area contributed by atoms with Crippen LogP contribution in [0.3, 0.4) is 0 Å². The van der Waals surface area contributed by atoms with E-state index in [0.29, 0.717) is 5.92 Å². The van der Waals surface area contributed by atoms with Crippen molar-refractivity contribution in [3.8, 4) is 0 Å². The first-order valence-corrected chi connectivity index (χ1v) is 6.47. The van der Waals surface area contributed by atoms with Crippen molar-refractivity contribution in [2.24, 2.45) is 11.7 Å². The Bertz CT molecular complexity index is 296. The second-order valence-electron chi connectivity index (χ2n) is 3.64. The number of halogens is 1. The van der Waals surface area contributed by atoms with Crippen LogP contribution >= 0.6 is 27.3 Å². The number of ether oxygens (including phenoxy) is 1. The highest BCUT2D eigenvalue weighted by Crippen LogP contribution is 2.32. The molecular weight excluding hydrogens is 262 g/mol. The summed E-state index contributed by atoms with van der Waals surface area (Å²) in [7, 11) is 0. The Morgan fingerprint density at radius 3 is 3.00 bits per heavy atom. The minimum atomic E-state index is 0.145. The summed E-state index contributed by atoms with van der Waals surface area (Å²) in [5.41, 5.74) is 6.19. The predicted molar refractivity (Wildman–Crippen MR) is 62.5 cm³/mol. The minimum absolute atomic E-state index is 0.145. The van der Waals surface area contributed by atoms with Gasteiger partial charge in [0, 0.05) is 23.4 Å². The second kappa shape index (κ2) is 4.75. The molecule has 0 aliphatic carbocycles. The van der Waals surface area contributed by atoms with Gasteiger partial charge in [0.1, 0.15) is 0 Å². The first kappa shape index (κ1) is 10.6. The van der Waals surface area contributed by atoms with Gasteiger partial charge in [0.2, 0.25) is 0 Å². The van der Waals surface area contributed by atoms with Gasteiger partial charge < -0.3 is 10.5 Å². The highest BCUT2D eigenvalue weighted by molar-refractivity contribution is 9.11. The lowest BCUT2D eigenvalue weighted by Gasteiger charge is -2.26. The molecule has 1 aliphatic rings. The zero-order chi connectivity index (χ0) is 9.97. The molecule has 0 saturated carbocycles. The lowest BCUT2D eigenvalue weighted by atomic mass is 9.93. The molecule has 1 aromatic heterocycles. The summed E-state index contributed by atoms with van der Waals surface area (Å²) < 4.78 is 6.60. The number of hydrogen-bond donors (Lipinski definition) is 1. The minimum Gasteiger partial charge on any atom is -0.381 e. The molecule has 1 aliphatic heterocycles. The van der Waals surface area contributed by atoms with E-state index in [1.165, 1.54) is 11.3 Å². The predicted octanol–water partition coefficient (Wildman–Crippen LogP) is 2.94. The Morgan fingerprint density at radius 1 is 1.57 bits per heavy atom. The molecule has 1 saturated heterocycles. The van der Waals surface area contributed by atoms with Crippen LogP contribution in [0, 0.1) is 5.92 Å². The van der Waals surface area contributed by atoms with E-state index < -0.39 is 0 Å². The van der Waals surface area contributed by atoms with Gasteiger partial charge >= 0.3 is 0 Å². The number of nitrogens with two attached hydrogens (primary N) is 1. The molecule has 2 unspecified atom stereocenters. The van der Waals surface area contributed by atoms with Crippen molar-refractivity contribution in [2.75, 3.05) is 13.2 Å². The molecule has 78 valence electrons. The van der Waals surface area contributed by atoms with E-state index in [1.54, 1.807) is 11.3 Å². The summed E-state index contributed by atoms with van der Waals surface area (Å²) in [4.78, 5) is 1.26. The molecule has 0 amide bonds. The van der Waals surface area contributed by atoms with Crippen LogP contribution in [0.25, 0.3) is 0 Å². The maximum Gasteiger partial charge on any atom is 0.0701 e. The van der Waals surface area contributed by atoms with Gasteiger partial charge in [-0.3, -0.25) is 0 Å². The van der Waals surface area contributed by atoms with Crippen LogP contribution in [0.4, 0.5) is 0 Å². The topological polar surface area (TPSA) is 35.2 Å². The lowest BCUT2D eigenvalue weighted by molar-refractivity contribution is 0.0452. The van der Waals surface area contributed by atoms with E-state index in [1.807, 2.05) is 0 Å². The SMILES string of the molecule is NC(c1ccc(Br)s1)C1CCCOC1. The van der Waals surface area contributed by atoms with Crippen LogP contribution in [0.15, 0.2) is 15.9 Å². The molecular formula is C10H14BrNOS. The molecule has 2 nitrogen and oxygen atoms in total. The van der Waals surface area contributed by atoms with Crippen molar-refractivity contribution in [3.05, 3.63) is 20.8 Å². The highest BCUT2D eigenvalue weighted by Gasteiger charge is 2.23. The fourth-order valence-electron chi connectivity index (χ4n) is 1.79. The molecule has 0 spiro atoms. The standard InChI is InChI=1S/C10H14BrNOS/c11-9-4-3-8(14-9)10(12)7-2-1-5-13-6-7/h3-4,7,10H,1-2,5-6,12H2. The van der Waals surface area contributed by atoms with Crippen molar-refractivity contribution in [1.29, 1.82) is 0 Å². The number of rotatable bonds is 2. The van der Waals surface area contributed by atoms with Crippen LogP contribution in [-0.2, 0) is 4.74 Å². The molecule has 2 rings (SSSR count). The Labute approximate surface area is 96.6 Å². The fraction of sp³-hybridized carbons (Fsp3) is 0.600. The van der Waals surface area contributed by atoms with Gasteiger partial charge in [-0.25, -0.2) is 0 Å². The molecule has 4 heteroatoms. The monoisotopic (exact) mass is 275 g/mol. The number of hydrogen-bond acceptors (Lipinski definition) is 3. The third-order valence-corrected chi connectivity index (χ3v) is 4.35. The van der Waals surface area contributed by atoms with Crippen molar-refractivity contribution in [1.82, 2.24) is 0 Å². The van der Waals surface area contributed by atoms with E-state index in [9.17, 15) is 0 Å². The summed E-state index contributed by atoms with van der Waals surface area (Å²) in [5.74, 6) is 0.495. The largest absolute Gasteiger partial charge is 0.381 e. The molecule has 0 aromatic carbocycles. The summed E-state index contributed by atoms with van der Waals surface area (Å²) in [6.07, 6.45) is 2.33. The second-order valence-corrected chi connectivity index (χ2v) is 6.14. The number of thiophene rings is 1. The van der Waals surface area contributed by atoms with Crippen LogP contribution in [0.2, 0.25) is 0 Å². The third kappa shape index (κ3) is 2.37. The van der Waals surface area contributed by atoms with Gasteiger partial charge in [-0.15, -0.1) is 11.3 Å². The van der Waals surface area contributed by atoms with E-state index >= 15 is 0 Å². The van der Waals surface area contributed by atoms with Crippen LogP contribution < -0.4 is 5.73 Å². The van der Waals surface area contributed by atoms with Crippen LogP contribution in [0.1, 0.15) is 23.8 Å². The molecule has 2 N–H and O–H groups in total. The van der Waals surface area contributed by atoms with Gasteiger partial charge in [-0.05, 0) is 40.9 Å². The average Bonchev–Trinajstić information content (AvgIpc) is 2.65. The summed E-state index contributed by atoms with van der Waals surface area (Å²) in [6.45, 7) is 1.72. The van der Waals surface area contributed by atoms with Crippen LogP contribution in [0.5, 0.6) is 0 Å². The zero-order valence-electron chi connectivity index (χ0n) is 7.91. The van der Waals surface area contributed by atoms with E-state index in [2.05, 4.69) is 28.1 Å². The zero-order valence-corrected chi connectivity index (χ0v) is 10.3. The van der Waals surface area contributed by atoms with Crippen molar-refractivity contribution in [3.63, 3.8) is 0 Å². The normalized spacial score (nSPS) is 24.9. The van der Waals surface area contributed by atoms with Crippen molar-refractivity contribution >= 4 is 27.3 Å². The Morgan fingerprint density at radius 2 is 2.43 bits per heavy atom. The summed E-state index contributed by atoms with van der Waals surface area (Å²) in [6, 6.07) is 4.31. The van der Waals surface area contributed by atoms with Gasteiger partial charge in [0.05, 0.1) is 10.4 Å². The van der Waals surface area contributed by atoms with Crippen LogP contribution in [-0.4, -0.2) is 13.2 Å². The summed E-state index contributed by atoms with van der Waals surface area (Å²) >= 11 is 5.18.